The molecule has 1 aromatic rings. The molecule has 2 unspecified atom stereocenters. The van der Waals surface area contributed by atoms with Gasteiger partial charge in [-0.15, -0.1) is 0 Å². The highest BCUT2D eigenvalue weighted by atomic mass is 19.4. The van der Waals surface area contributed by atoms with Gasteiger partial charge in [0, 0.05) is 26.2 Å². The third kappa shape index (κ3) is 3.77. The first-order chi connectivity index (χ1) is 9.81. The molecular formula is C14H21F3N4. The van der Waals surface area contributed by atoms with Crippen molar-refractivity contribution >= 4 is 11.6 Å². The van der Waals surface area contributed by atoms with Gasteiger partial charge in [-0.25, -0.2) is 9.97 Å². The molecule has 0 bridgehead atoms. The number of hydrogen-bond acceptors (Lipinski definition) is 4. The highest BCUT2D eigenvalue weighted by molar-refractivity contribution is 5.49. The number of nitrogens with one attached hydrogen (secondary N) is 1. The number of nitrogens with zero attached hydrogens (tertiary/aromatic N) is 3. The number of hydrogen-bond donors (Lipinski definition) is 1. The molecule has 0 spiro atoms. The molecule has 0 aromatic carbocycles. The van der Waals surface area contributed by atoms with E-state index in [1.165, 1.54) is 6.42 Å². The van der Waals surface area contributed by atoms with Crippen molar-refractivity contribution in [2.24, 2.45) is 5.92 Å². The van der Waals surface area contributed by atoms with Crippen molar-refractivity contribution in [2.45, 2.75) is 44.8 Å². The lowest BCUT2D eigenvalue weighted by Gasteiger charge is -2.35. The summed E-state index contributed by atoms with van der Waals surface area (Å²) in [5.41, 5.74) is 0. The predicted octanol–water partition coefficient (Wildman–Crippen LogP) is 3.55. The Hall–Kier alpha value is -1.53. The Morgan fingerprint density at radius 1 is 1.29 bits per heavy atom. The van der Waals surface area contributed by atoms with Gasteiger partial charge in [-0.3, -0.25) is 0 Å². The van der Waals surface area contributed by atoms with Crippen LogP contribution in [0.15, 0.2) is 6.07 Å². The van der Waals surface area contributed by atoms with Gasteiger partial charge in [0.1, 0.15) is 11.6 Å². The quantitative estimate of drug-likeness (QED) is 0.927. The van der Waals surface area contributed by atoms with E-state index in [0.717, 1.165) is 19.3 Å². The van der Waals surface area contributed by atoms with E-state index < -0.39 is 12.0 Å². The average molecular weight is 302 g/mol. The molecule has 2 atom stereocenters. The van der Waals surface area contributed by atoms with Crippen LogP contribution in [0.4, 0.5) is 24.8 Å². The SMILES string of the molecule is CNc1cc(N(C)C2CCCC(C)C2)nc(C(F)(F)F)n1. The summed E-state index contributed by atoms with van der Waals surface area (Å²) in [6.07, 6.45) is -0.282. The monoisotopic (exact) mass is 302 g/mol. The molecule has 1 aromatic heterocycles. The van der Waals surface area contributed by atoms with Crippen LogP contribution in [0, 0.1) is 5.92 Å². The van der Waals surface area contributed by atoms with Gasteiger partial charge in [0.25, 0.3) is 0 Å². The van der Waals surface area contributed by atoms with Gasteiger partial charge in [-0.1, -0.05) is 19.8 Å². The maximum Gasteiger partial charge on any atom is 0.451 e. The van der Waals surface area contributed by atoms with Crippen LogP contribution in [0.2, 0.25) is 0 Å². The van der Waals surface area contributed by atoms with Crippen molar-refractivity contribution < 1.29 is 13.2 Å². The normalized spacial score (nSPS) is 23.0. The molecule has 1 saturated carbocycles. The minimum Gasteiger partial charge on any atom is -0.373 e. The molecule has 1 aliphatic carbocycles. The fraction of sp³-hybridized carbons (Fsp3) is 0.714. The van der Waals surface area contributed by atoms with E-state index in [1.54, 1.807) is 13.1 Å². The van der Waals surface area contributed by atoms with E-state index in [0.29, 0.717) is 11.7 Å². The Bertz CT molecular complexity index is 490. The molecular weight excluding hydrogens is 281 g/mol. The highest BCUT2D eigenvalue weighted by Gasteiger charge is 2.36. The van der Waals surface area contributed by atoms with Gasteiger partial charge in [-0.05, 0) is 18.8 Å². The Balaban J connectivity index is 2.29. The van der Waals surface area contributed by atoms with Gasteiger partial charge in [-0.2, -0.15) is 13.2 Å². The van der Waals surface area contributed by atoms with Crippen LogP contribution in [0.25, 0.3) is 0 Å². The maximum absolute atomic E-state index is 12.9. The molecule has 0 aliphatic heterocycles. The van der Waals surface area contributed by atoms with Crippen LogP contribution in [0.5, 0.6) is 0 Å². The summed E-state index contributed by atoms with van der Waals surface area (Å²) in [5.74, 6) is 0.00256. The first-order valence-corrected chi connectivity index (χ1v) is 7.18. The average Bonchev–Trinajstić information content (AvgIpc) is 2.45. The zero-order valence-electron chi connectivity index (χ0n) is 12.5. The smallest absolute Gasteiger partial charge is 0.373 e. The summed E-state index contributed by atoms with van der Waals surface area (Å²) < 4.78 is 38.6. The molecule has 118 valence electrons. The van der Waals surface area contributed by atoms with Gasteiger partial charge >= 0.3 is 6.18 Å². The Labute approximate surface area is 122 Å². The summed E-state index contributed by atoms with van der Waals surface area (Å²) in [4.78, 5) is 9.05. The molecule has 4 nitrogen and oxygen atoms in total. The zero-order valence-corrected chi connectivity index (χ0v) is 12.5. The van der Waals surface area contributed by atoms with Crippen molar-refractivity contribution in [3.63, 3.8) is 0 Å². The molecule has 1 fully saturated rings. The molecule has 0 amide bonds. The Morgan fingerprint density at radius 2 is 2.00 bits per heavy atom. The van der Waals surface area contributed by atoms with Crippen molar-refractivity contribution in [1.29, 1.82) is 0 Å². The molecule has 21 heavy (non-hydrogen) atoms. The standard InChI is InChI=1S/C14H21F3N4/c1-9-5-4-6-10(7-9)21(3)12-8-11(18-2)19-13(20-12)14(15,16)17/h8-10H,4-7H2,1-3H3,(H,18,19,20). The van der Waals surface area contributed by atoms with Crippen molar-refractivity contribution in [3.8, 4) is 0 Å². The second kappa shape index (κ2) is 6.07. The zero-order chi connectivity index (χ0) is 15.6. The molecule has 7 heteroatoms. The minimum atomic E-state index is -4.54. The summed E-state index contributed by atoms with van der Waals surface area (Å²) in [6.45, 7) is 2.18. The number of rotatable bonds is 3. The molecule has 1 heterocycles. The van der Waals surface area contributed by atoms with Crippen LogP contribution in [0.3, 0.4) is 0 Å². The first kappa shape index (κ1) is 15.9. The lowest BCUT2D eigenvalue weighted by molar-refractivity contribution is -0.144. The van der Waals surface area contributed by atoms with Crippen LogP contribution in [-0.2, 0) is 6.18 Å². The second-order valence-corrected chi connectivity index (χ2v) is 5.72. The fourth-order valence-corrected chi connectivity index (χ4v) is 2.81. The van der Waals surface area contributed by atoms with Crippen LogP contribution >= 0.6 is 0 Å². The molecule has 0 saturated heterocycles. The number of anilines is 2. The van der Waals surface area contributed by atoms with Gasteiger partial charge in [0.05, 0.1) is 0 Å². The van der Waals surface area contributed by atoms with Crippen LogP contribution in [-0.4, -0.2) is 30.1 Å². The van der Waals surface area contributed by atoms with E-state index in [4.69, 9.17) is 0 Å². The third-order valence-electron chi connectivity index (χ3n) is 4.04. The lowest BCUT2D eigenvalue weighted by atomic mass is 9.86. The lowest BCUT2D eigenvalue weighted by Crippen LogP contribution is -2.36. The Kier molecular flexibility index (Phi) is 4.58. The minimum absolute atomic E-state index is 0.183. The Morgan fingerprint density at radius 3 is 2.57 bits per heavy atom. The van der Waals surface area contributed by atoms with Crippen LogP contribution in [0.1, 0.15) is 38.4 Å². The van der Waals surface area contributed by atoms with Gasteiger partial charge in [0.2, 0.25) is 5.82 Å². The summed E-state index contributed by atoms with van der Waals surface area (Å²) in [7, 11) is 3.36. The fourth-order valence-electron chi connectivity index (χ4n) is 2.81. The number of aromatic nitrogens is 2. The van der Waals surface area contributed by atoms with E-state index in [1.807, 2.05) is 11.9 Å². The predicted molar refractivity (Wildman–Crippen MR) is 76.4 cm³/mol. The van der Waals surface area contributed by atoms with Crippen LogP contribution < -0.4 is 10.2 Å². The number of alkyl halides is 3. The van der Waals surface area contributed by atoms with Gasteiger partial charge in [0.15, 0.2) is 0 Å². The largest absolute Gasteiger partial charge is 0.451 e. The van der Waals surface area contributed by atoms with E-state index in [9.17, 15) is 13.2 Å². The highest BCUT2D eigenvalue weighted by Crippen LogP contribution is 2.32. The summed E-state index contributed by atoms with van der Waals surface area (Å²) in [6, 6.07) is 1.79. The maximum atomic E-state index is 12.9. The molecule has 1 N–H and O–H groups in total. The third-order valence-corrected chi connectivity index (χ3v) is 4.04. The van der Waals surface area contributed by atoms with Crippen molar-refractivity contribution in [1.82, 2.24) is 9.97 Å². The van der Waals surface area contributed by atoms with Crippen molar-refractivity contribution in [2.75, 3.05) is 24.3 Å². The second-order valence-electron chi connectivity index (χ2n) is 5.72. The van der Waals surface area contributed by atoms with E-state index in [-0.39, 0.29) is 11.9 Å². The molecule has 1 aliphatic rings. The van der Waals surface area contributed by atoms with E-state index in [2.05, 4.69) is 22.2 Å². The van der Waals surface area contributed by atoms with E-state index >= 15 is 0 Å². The molecule has 0 radical (unpaired) electrons. The summed E-state index contributed by atoms with van der Waals surface area (Å²) >= 11 is 0. The van der Waals surface area contributed by atoms with Gasteiger partial charge < -0.3 is 10.2 Å². The summed E-state index contributed by atoms with van der Waals surface area (Å²) in [5, 5.41) is 2.67. The molecule has 2 rings (SSSR count). The number of halogens is 3. The topological polar surface area (TPSA) is 41.0 Å². The van der Waals surface area contributed by atoms with Crippen molar-refractivity contribution in [3.05, 3.63) is 11.9 Å². The first-order valence-electron chi connectivity index (χ1n) is 7.18.